The Morgan fingerprint density at radius 2 is 1.85 bits per heavy atom. The van der Waals surface area contributed by atoms with Crippen LogP contribution in [0.25, 0.3) is 21.6 Å². The first-order valence-electron chi connectivity index (χ1n) is 11.2. The molecule has 0 spiro atoms. The molecule has 1 N–H and O–H groups in total. The number of nitrogens with zero attached hydrogens (tertiary/aromatic N) is 2. The Labute approximate surface area is 211 Å². The van der Waals surface area contributed by atoms with Gasteiger partial charge in [0.2, 0.25) is 5.91 Å². The number of carbonyl (C=O) groups is 1. The number of hydrogen-bond acceptors (Lipinski definition) is 4. The van der Waals surface area contributed by atoms with Gasteiger partial charge in [-0.25, -0.2) is 4.98 Å². The highest BCUT2D eigenvalue weighted by atomic mass is 35.5. The minimum absolute atomic E-state index is 0.173. The molecule has 0 radical (unpaired) electrons. The summed E-state index contributed by atoms with van der Waals surface area (Å²) in [4.78, 5) is 34.2. The van der Waals surface area contributed by atoms with Gasteiger partial charge in [-0.2, -0.15) is 0 Å². The molecule has 5 rings (SSSR count). The molecule has 1 amide bonds. The molecule has 0 saturated heterocycles. The minimum Gasteiger partial charge on any atom is -0.324 e. The van der Waals surface area contributed by atoms with E-state index >= 15 is 0 Å². The fourth-order valence-electron chi connectivity index (χ4n) is 4.55. The zero-order chi connectivity index (χ0) is 24.0. The van der Waals surface area contributed by atoms with Gasteiger partial charge in [-0.05, 0) is 69.4 Å². The van der Waals surface area contributed by atoms with Gasteiger partial charge < -0.3 is 5.32 Å². The normalized spacial score (nSPS) is 14.1. The summed E-state index contributed by atoms with van der Waals surface area (Å²) >= 11 is 13.8. The monoisotopic (exact) mass is 511 g/mol. The summed E-state index contributed by atoms with van der Waals surface area (Å²) in [5.41, 5.74) is 3.25. The van der Waals surface area contributed by atoms with E-state index < -0.39 is 6.04 Å². The van der Waals surface area contributed by atoms with E-state index in [1.807, 2.05) is 31.2 Å². The summed E-state index contributed by atoms with van der Waals surface area (Å²) < 4.78 is 1.53. The van der Waals surface area contributed by atoms with E-state index in [9.17, 15) is 9.59 Å². The molecule has 0 saturated carbocycles. The van der Waals surface area contributed by atoms with Gasteiger partial charge in [-0.1, -0.05) is 47.0 Å². The molecular formula is C26H23Cl2N3O2S. The van der Waals surface area contributed by atoms with Gasteiger partial charge in [-0.3, -0.25) is 14.2 Å². The number of benzene rings is 2. The number of rotatable bonds is 4. The fourth-order valence-corrected chi connectivity index (χ4v) is 6.33. The van der Waals surface area contributed by atoms with Crippen LogP contribution in [0.4, 0.5) is 5.69 Å². The number of aromatic nitrogens is 2. The van der Waals surface area contributed by atoms with Crippen molar-refractivity contribution in [3.05, 3.63) is 78.9 Å². The smallest absolute Gasteiger partial charge is 0.263 e. The number of amides is 1. The standard InChI is InChI=1S/C26H23Cl2N3O2S/c1-14-6-5-7-16(10-14)23-30-25-22(20-8-3-4-9-21(20)34-25)26(33)31(23)15(2)24(32)29-19-12-17(27)11-18(28)13-19/h5-7,10-13,15H,3-4,8-9H2,1-2H3,(H,29,32). The van der Waals surface area contributed by atoms with Gasteiger partial charge in [0, 0.05) is 26.2 Å². The predicted molar refractivity (Wildman–Crippen MR) is 140 cm³/mol. The Morgan fingerprint density at radius 3 is 2.59 bits per heavy atom. The Kier molecular flexibility index (Phi) is 6.23. The summed E-state index contributed by atoms with van der Waals surface area (Å²) in [5, 5.41) is 4.34. The van der Waals surface area contributed by atoms with Crippen LogP contribution in [0.15, 0.2) is 47.3 Å². The van der Waals surface area contributed by atoms with E-state index in [1.54, 1.807) is 36.5 Å². The molecule has 2 heterocycles. The van der Waals surface area contributed by atoms with Crippen molar-refractivity contribution in [2.24, 2.45) is 0 Å². The zero-order valence-corrected chi connectivity index (χ0v) is 21.2. The van der Waals surface area contributed by atoms with Crippen molar-refractivity contribution in [3.63, 3.8) is 0 Å². The maximum absolute atomic E-state index is 14.0. The number of anilines is 1. The van der Waals surface area contributed by atoms with Crippen molar-refractivity contribution in [2.45, 2.75) is 45.6 Å². The van der Waals surface area contributed by atoms with Crippen molar-refractivity contribution in [3.8, 4) is 11.4 Å². The molecule has 34 heavy (non-hydrogen) atoms. The Balaban J connectivity index is 1.67. The second kappa shape index (κ2) is 9.17. The van der Waals surface area contributed by atoms with Crippen LogP contribution in [0.3, 0.4) is 0 Å². The van der Waals surface area contributed by atoms with Crippen molar-refractivity contribution >= 4 is 56.3 Å². The van der Waals surface area contributed by atoms with Crippen LogP contribution < -0.4 is 10.9 Å². The largest absolute Gasteiger partial charge is 0.324 e. The molecule has 1 atom stereocenters. The first kappa shape index (κ1) is 23.1. The molecule has 1 aliphatic rings. The molecule has 2 aromatic heterocycles. The van der Waals surface area contributed by atoms with E-state index in [-0.39, 0.29) is 11.5 Å². The Hall–Kier alpha value is -2.67. The van der Waals surface area contributed by atoms with Gasteiger partial charge in [0.25, 0.3) is 5.56 Å². The molecule has 0 bridgehead atoms. The zero-order valence-electron chi connectivity index (χ0n) is 18.8. The summed E-state index contributed by atoms with van der Waals surface area (Å²) in [6.07, 6.45) is 4.03. The van der Waals surface area contributed by atoms with Crippen LogP contribution in [-0.2, 0) is 17.6 Å². The maximum atomic E-state index is 14.0. The summed E-state index contributed by atoms with van der Waals surface area (Å²) in [6, 6.07) is 11.9. The molecule has 1 unspecified atom stereocenters. The van der Waals surface area contributed by atoms with Crippen LogP contribution in [-0.4, -0.2) is 15.5 Å². The van der Waals surface area contributed by atoms with E-state index in [0.717, 1.165) is 47.2 Å². The van der Waals surface area contributed by atoms with Crippen molar-refractivity contribution < 1.29 is 4.79 Å². The van der Waals surface area contributed by atoms with E-state index in [1.165, 1.54) is 9.44 Å². The molecule has 0 aliphatic heterocycles. The number of halogens is 2. The van der Waals surface area contributed by atoms with Gasteiger partial charge in [0.15, 0.2) is 0 Å². The number of hydrogen-bond donors (Lipinski definition) is 1. The SMILES string of the molecule is Cc1cccc(-c2nc3sc4c(c3c(=O)n2C(C)C(=O)Nc2cc(Cl)cc(Cl)c2)CCCC4)c1. The lowest BCUT2D eigenvalue weighted by molar-refractivity contribution is -0.118. The summed E-state index contributed by atoms with van der Waals surface area (Å²) in [5.74, 6) is 0.145. The van der Waals surface area contributed by atoms with Crippen molar-refractivity contribution in [2.75, 3.05) is 5.32 Å². The van der Waals surface area contributed by atoms with E-state index in [2.05, 4.69) is 5.32 Å². The van der Waals surface area contributed by atoms with Crippen LogP contribution in [0, 0.1) is 6.92 Å². The number of fused-ring (bicyclic) bond motifs is 3. The molecule has 2 aromatic carbocycles. The van der Waals surface area contributed by atoms with Crippen LogP contribution >= 0.6 is 34.5 Å². The van der Waals surface area contributed by atoms with Gasteiger partial charge >= 0.3 is 0 Å². The lowest BCUT2D eigenvalue weighted by Gasteiger charge is -2.20. The van der Waals surface area contributed by atoms with Crippen LogP contribution in [0.5, 0.6) is 0 Å². The number of nitrogens with one attached hydrogen (secondary N) is 1. The minimum atomic E-state index is -0.809. The summed E-state index contributed by atoms with van der Waals surface area (Å²) in [7, 11) is 0. The topological polar surface area (TPSA) is 64.0 Å². The van der Waals surface area contributed by atoms with Crippen LogP contribution in [0.1, 0.15) is 41.8 Å². The molecular weight excluding hydrogens is 489 g/mol. The molecule has 174 valence electrons. The quantitative estimate of drug-likeness (QED) is 0.326. The van der Waals surface area contributed by atoms with Gasteiger partial charge in [0.05, 0.1) is 5.39 Å². The molecule has 5 nitrogen and oxygen atoms in total. The first-order chi connectivity index (χ1) is 16.3. The second-order valence-electron chi connectivity index (χ2n) is 8.69. The number of thiophene rings is 1. The Morgan fingerprint density at radius 1 is 1.12 bits per heavy atom. The number of aryl methyl sites for hydroxylation is 3. The number of carbonyl (C=O) groups excluding carboxylic acids is 1. The average Bonchev–Trinajstić information content (AvgIpc) is 3.16. The summed E-state index contributed by atoms with van der Waals surface area (Å²) in [6.45, 7) is 3.71. The maximum Gasteiger partial charge on any atom is 0.263 e. The fraction of sp³-hybridized carbons (Fsp3) is 0.269. The molecule has 4 aromatic rings. The van der Waals surface area contributed by atoms with Gasteiger partial charge in [-0.15, -0.1) is 11.3 Å². The third kappa shape index (κ3) is 4.26. The lowest BCUT2D eigenvalue weighted by atomic mass is 9.97. The molecule has 1 aliphatic carbocycles. The Bertz CT molecular complexity index is 1470. The first-order valence-corrected chi connectivity index (χ1v) is 12.8. The molecule has 8 heteroatoms. The van der Waals surface area contributed by atoms with Crippen molar-refractivity contribution in [1.29, 1.82) is 0 Å². The van der Waals surface area contributed by atoms with Crippen LogP contribution in [0.2, 0.25) is 10.0 Å². The highest BCUT2D eigenvalue weighted by Gasteiger charge is 2.27. The average molecular weight is 512 g/mol. The molecule has 0 fully saturated rings. The second-order valence-corrected chi connectivity index (χ2v) is 10.7. The third-order valence-electron chi connectivity index (χ3n) is 6.19. The lowest BCUT2D eigenvalue weighted by Crippen LogP contribution is -2.33. The highest BCUT2D eigenvalue weighted by Crippen LogP contribution is 2.35. The van der Waals surface area contributed by atoms with Crippen molar-refractivity contribution in [1.82, 2.24) is 9.55 Å². The third-order valence-corrected chi connectivity index (χ3v) is 7.82. The van der Waals surface area contributed by atoms with E-state index in [0.29, 0.717) is 26.9 Å². The van der Waals surface area contributed by atoms with Gasteiger partial charge in [0.1, 0.15) is 16.7 Å². The highest BCUT2D eigenvalue weighted by molar-refractivity contribution is 7.18. The predicted octanol–water partition coefficient (Wildman–Crippen LogP) is 6.82. The van der Waals surface area contributed by atoms with E-state index in [4.69, 9.17) is 28.2 Å².